The van der Waals surface area contributed by atoms with Gasteiger partial charge >= 0.3 is 5.97 Å². The summed E-state index contributed by atoms with van der Waals surface area (Å²) in [6.07, 6.45) is 1.51. The van der Waals surface area contributed by atoms with Gasteiger partial charge in [0.2, 0.25) is 0 Å². The highest BCUT2D eigenvalue weighted by Crippen LogP contribution is 2.28. The van der Waals surface area contributed by atoms with E-state index in [0.29, 0.717) is 12.8 Å². The summed E-state index contributed by atoms with van der Waals surface area (Å²) < 4.78 is 1.95. The number of carboxylic acids is 1. The maximum Gasteiger partial charge on any atom is 0.303 e. The summed E-state index contributed by atoms with van der Waals surface area (Å²) in [7, 11) is 1.93. The largest absolute Gasteiger partial charge is 0.481 e. The molecule has 2 aromatic rings. The molecule has 0 saturated heterocycles. The second-order valence-corrected chi connectivity index (χ2v) is 4.19. The number of carboxylic acid groups (broad SMARTS) is 1. The maximum absolute atomic E-state index is 10.5. The van der Waals surface area contributed by atoms with E-state index in [4.69, 9.17) is 10.8 Å². The van der Waals surface area contributed by atoms with Crippen molar-refractivity contribution in [1.29, 1.82) is 0 Å². The Morgan fingerprint density at radius 2 is 2.12 bits per heavy atom. The van der Waals surface area contributed by atoms with Crippen LogP contribution in [0, 0.1) is 0 Å². The molecule has 1 heterocycles. The fourth-order valence-corrected chi connectivity index (χ4v) is 2.17. The molecular weight excluding hydrogens is 216 g/mol. The second kappa shape index (κ2) is 4.49. The number of nitrogens with zero attached hydrogens (tertiary/aromatic N) is 1. The highest BCUT2D eigenvalue weighted by molar-refractivity contribution is 5.89. The summed E-state index contributed by atoms with van der Waals surface area (Å²) in [5, 5.41) is 9.77. The van der Waals surface area contributed by atoms with Gasteiger partial charge in [0, 0.05) is 29.9 Å². The molecule has 3 N–H and O–H groups in total. The molecule has 0 spiro atoms. The number of aromatic nitrogens is 1. The molecule has 2 rings (SSSR count). The second-order valence-electron chi connectivity index (χ2n) is 4.19. The van der Waals surface area contributed by atoms with Crippen LogP contribution in [-0.4, -0.2) is 15.6 Å². The van der Waals surface area contributed by atoms with Crippen molar-refractivity contribution in [2.75, 3.05) is 5.73 Å². The highest BCUT2D eigenvalue weighted by atomic mass is 16.4. The highest BCUT2D eigenvalue weighted by Gasteiger charge is 2.12. The summed E-state index contributed by atoms with van der Waals surface area (Å²) >= 11 is 0. The van der Waals surface area contributed by atoms with Gasteiger partial charge in [-0.15, -0.1) is 0 Å². The zero-order chi connectivity index (χ0) is 12.4. The van der Waals surface area contributed by atoms with E-state index < -0.39 is 5.97 Å². The van der Waals surface area contributed by atoms with Crippen LogP contribution in [0.5, 0.6) is 0 Å². The minimum atomic E-state index is -0.760. The van der Waals surface area contributed by atoms with Crippen molar-refractivity contribution >= 4 is 22.7 Å². The minimum absolute atomic E-state index is 0.183. The molecule has 0 saturated carbocycles. The van der Waals surface area contributed by atoms with Crippen LogP contribution in [0.1, 0.15) is 18.4 Å². The van der Waals surface area contributed by atoms with Crippen LogP contribution in [-0.2, 0) is 18.3 Å². The molecule has 0 fully saturated rings. The molecule has 1 aromatic heterocycles. The Balaban J connectivity index is 2.33. The van der Waals surface area contributed by atoms with Gasteiger partial charge in [0.15, 0.2) is 0 Å². The van der Waals surface area contributed by atoms with Gasteiger partial charge in [0.1, 0.15) is 5.82 Å². The number of para-hydroxylation sites is 1. The molecule has 1 aromatic carbocycles. The van der Waals surface area contributed by atoms with E-state index in [1.165, 1.54) is 0 Å². The molecule has 90 valence electrons. The van der Waals surface area contributed by atoms with Crippen molar-refractivity contribution < 1.29 is 9.90 Å². The first-order valence-electron chi connectivity index (χ1n) is 5.65. The lowest BCUT2D eigenvalue weighted by Gasteiger charge is -2.01. The maximum atomic E-state index is 10.5. The van der Waals surface area contributed by atoms with Gasteiger partial charge in [-0.05, 0) is 18.9 Å². The summed E-state index contributed by atoms with van der Waals surface area (Å²) in [5.74, 6) is -0.0274. The topological polar surface area (TPSA) is 68.2 Å². The van der Waals surface area contributed by atoms with Crippen molar-refractivity contribution in [2.45, 2.75) is 19.3 Å². The third-order valence-corrected chi connectivity index (χ3v) is 3.08. The monoisotopic (exact) mass is 232 g/mol. The van der Waals surface area contributed by atoms with Crippen LogP contribution < -0.4 is 5.73 Å². The Hall–Kier alpha value is -1.97. The van der Waals surface area contributed by atoms with E-state index in [2.05, 4.69) is 0 Å². The molecule has 0 atom stereocenters. The zero-order valence-corrected chi connectivity index (χ0v) is 9.81. The van der Waals surface area contributed by atoms with Gasteiger partial charge in [-0.3, -0.25) is 4.79 Å². The quantitative estimate of drug-likeness (QED) is 0.848. The van der Waals surface area contributed by atoms with Crippen molar-refractivity contribution in [3.05, 3.63) is 29.8 Å². The fraction of sp³-hybridized carbons (Fsp3) is 0.308. The third kappa shape index (κ3) is 2.11. The number of hydrogen-bond acceptors (Lipinski definition) is 2. The lowest BCUT2D eigenvalue weighted by molar-refractivity contribution is -0.137. The van der Waals surface area contributed by atoms with Crippen molar-refractivity contribution in [1.82, 2.24) is 4.57 Å². The number of fused-ring (bicyclic) bond motifs is 1. The SMILES string of the molecule is Cn1c(N)c(CCCC(=O)O)c2ccccc21. The first-order valence-corrected chi connectivity index (χ1v) is 5.65. The molecule has 0 aliphatic carbocycles. The van der Waals surface area contributed by atoms with Gasteiger partial charge in [-0.1, -0.05) is 18.2 Å². The molecule has 17 heavy (non-hydrogen) atoms. The average Bonchev–Trinajstić information content (AvgIpc) is 2.54. The van der Waals surface area contributed by atoms with Crippen LogP contribution in [0.25, 0.3) is 10.9 Å². The Labute approximate surface area is 99.7 Å². The van der Waals surface area contributed by atoms with E-state index in [-0.39, 0.29) is 6.42 Å². The average molecular weight is 232 g/mol. The van der Waals surface area contributed by atoms with E-state index in [9.17, 15) is 4.79 Å². The predicted octanol–water partition coefficient (Wildman–Crippen LogP) is 2.17. The lowest BCUT2D eigenvalue weighted by Crippen LogP contribution is -2.00. The molecule has 0 radical (unpaired) electrons. The smallest absolute Gasteiger partial charge is 0.303 e. The van der Waals surface area contributed by atoms with E-state index in [0.717, 1.165) is 22.3 Å². The Kier molecular flexibility index (Phi) is 3.04. The number of anilines is 1. The van der Waals surface area contributed by atoms with Crippen LogP contribution >= 0.6 is 0 Å². The van der Waals surface area contributed by atoms with Crippen LogP contribution in [0.15, 0.2) is 24.3 Å². The van der Waals surface area contributed by atoms with Crippen molar-refractivity contribution in [3.8, 4) is 0 Å². The standard InChI is InChI=1S/C13H16N2O2/c1-15-11-7-3-2-5-9(11)10(13(15)14)6-4-8-12(16)17/h2-3,5,7H,4,6,8,14H2,1H3,(H,16,17). The van der Waals surface area contributed by atoms with Gasteiger partial charge in [-0.2, -0.15) is 0 Å². The van der Waals surface area contributed by atoms with Gasteiger partial charge in [0.05, 0.1) is 0 Å². The number of nitrogen functional groups attached to an aromatic ring is 1. The molecule has 0 aliphatic heterocycles. The number of carbonyl (C=O) groups is 1. The molecular formula is C13H16N2O2. The number of nitrogens with two attached hydrogens (primary N) is 1. The van der Waals surface area contributed by atoms with E-state index in [1.54, 1.807) is 0 Å². The van der Waals surface area contributed by atoms with Crippen molar-refractivity contribution in [3.63, 3.8) is 0 Å². The first kappa shape index (κ1) is 11.5. The van der Waals surface area contributed by atoms with E-state index in [1.807, 2.05) is 35.9 Å². The summed E-state index contributed by atoms with van der Waals surface area (Å²) in [6.45, 7) is 0. The Morgan fingerprint density at radius 1 is 1.41 bits per heavy atom. The van der Waals surface area contributed by atoms with E-state index >= 15 is 0 Å². The number of aryl methyl sites for hydroxylation is 2. The van der Waals surface area contributed by atoms with Crippen LogP contribution in [0.2, 0.25) is 0 Å². The van der Waals surface area contributed by atoms with Crippen molar-refractivity contribution in [2.24, 2.45) is 7.05 Å². The summed E-state index contributed by atoms with van der Waals surface area (Å²) in [5.41, 5.74) is 8.20. The molecule has 0 aliphatic rings. The molecule has 0 unspecified atom stereocenters. The first-order chi connectivity index (χ1) is 8.11. The van der Waals surface area contributed by atoms with Gasteiger partial charge in [0.25, 0.3) is 0 Å². The number of rotatable bonds is 4. The lowest BCUT2D eigenvalue weighted by atomic mass is 10.1. The number of benzene rings is 1. The summed E-state index contributed by atoms with van der Waals surface area (Å²) in [6, 6.07) is 8.00. The van der Waals surface area contributed by atoms with Gasteiger partial charge in [-0.25, -0.2) is 0 Å². The predicted molar refractivity (Wildman–Crippen MR) is 67.9 cm³/mol. The normalized spacial score (nSPS) is 10.9. The fourth-order valence-electron chi connectivity index (χ4n) is 2.17. The van der Waals surface area contributed by atoms with Crippen LogP contribution in [0.3, 0.4) is 0 Å². The minimum Gasteiger partial charge on any atom is -0.481 e. The molecule has 0 amide bonds. The number of aliphatic carboxylic acids is 1. The Morgan fingerprint density at radius 3 is 2.82 bits per heavy atom. The molecule has 0 bridgehead atoms. The van der Waals surface area contributed by atoms with Gasteiger partial charge < -0.3 is 15.4 Å². The molecule has 4 heteroatoms. The third-order valence-electron chi connectivity index (χ3n) is 3.08. The Bertz CT molecular complexity index is 558. The summed E-state index contributed by atoms with van der Waals surface area (Å²) in [4.78, 5) is 10.5. The molecule has 4 nitrogen and oxygen atoms in total. The number of hydrogen-bond donors (Lipinski definition) is 2. The zero-order valence-electron chi connectivity index (χ0n) is 9.81. The van der Waals surface area contributed by atoms with Crippen LogP contribution in [0.4, 0.5) is 5.82 Å².